The molecule has 0 unspecified atom stereocenters. The van der Waals surface area contributed by atoms with Gasteiger partial charge in [0.2, 0.25) is 0 Å². The topological polar surface area (TPSA) is 15.3 Å². The van der Waals surface area contributed by atoms with Crippen molar-refractivity contribution < 1.29 is 26.3 Å². The number of rotatable bonds is 3. The van der Waals surface area contributed by atoms with Crippen LogP contribution in [0.25, 0.3) is 0 Å². The molecule has 1 aliphatic rings. The maximum absolute atomic E-state index is 13.3. The van der Waals surface area contributed by atoms with Gasteiger partial charge in [-0.3, -0.25) is 4.90 Å². The molecule has 1 atom stereocenters. The SMILES string of the molecule is Cl.Cl.FC(F)(F)Sc1ccc([C@H](N2CCNCC2)C(F)(F)F)cc1. The van der Waals surface area contributed by atoms with E-state index in [4.69, 9.17) is 0 Å². The summed E-state index contributed by atoms with van der Waals surface area (Å²) in [5.41, 5.74) is -4.50. The van der Waals surface area contributed by atoms with Crippen LogP contribution in [0.1, 0.15) is 11.6 Å². The molecule has 1 N–H and O–H groups in total. The van der Waals surface area contributed by atoms with Crippen LogP contribution in [-0.4, -0.2) is 42.8 Å². The van der Waals surface area contributed by atoms with Gasteiger partial charge >= 0.3 is 11.7 Å². The number of alkyl halides is 6. The molecule has 1 aromatic carbocycles. The van der Waals surface area contributed by atoms with Crippen molar-refractivity contribution in [1.82, 2.24) is 10.2 Å². The Hall–Kier alpha value is -0.350. The Morgan fingerprint density at radius 1 is 0.917 bits per heavy atom. The molecular formula is C13H16Cl2F6N2S. The fraction of sp³-hybridized carbons (Fsp3) is 0.538. The molecule has 0 radical (unpaired) electrons. The van der Waals surface area contributed by atoms with Crippen molar-refractivity contribution in [2.45, 2.75) is 22.6 Å². The lowest BCUT2D eigenvalue weighted by molar-refractivity contribution is -0.187. The molecule has 0 aliphatic carbocycles. The van der Waals surface area contributed by atoms with Gasteiger partial charge in [-0.2, -0.15) is 26.3 Å². The van der Waals surface area contributed by atoms with E-state index in [1.54, 1.807) is 0 Å². The minimum Gasteiger partial charge on any atom is -0.314 e. The number of nitrogens with zero attached hydrogens (tertiary/aromatic N) is 1. The summed E-state index contributed by atoms with van der Waals surface area (Å²) in [4.78, 5) is 1.17. The normalized spacial score (nSPS) is 17.6. The number of hydrogen-bond donors (Lipinski definition) is 1. The first-order valence-corrected chi connectivity index (χ1v) is 7.36. The van der Waals surface area contributed by atoms with Gasteiger partial charge in [-0.25, -0.2) is 0 Å². The average molecular weight is 417 g/mol. The average Bonchev–Trinajstić information content (AvgIpc) is 2.39. The second-order valence-electron chi connectivity index (χ2n) is 4.85. The van der Waals surface area contributed by atoms with Gasteiger partial charge in [0.15, 0.2) is 0 Å². The van der Waals surface area contributed by atoms with E-state index in [-0.39, 0.29) is 60.1 Å². The predicted molar refractivity (Wildman–Crippen MR) is 86.1 cm³/mol. The van der Waals surface area contributed by atoms with E-state index >= 15 is 0 Å². The molecule has 2 nitrogen and oxygen atoms in total. The van der Waals surface area contributed by atoms with Gasteiger partial charge in [-0.15, -0.1) is 24.8 Å². The van der Waals surface area contributed by atoms with Crippen LogP contribution >= 0.6 is 36.6 Å². The summed E-state index contributed by atoms with van der Waals surface area (Å²) in [6.45, 7) is 1.38. The molecule has 1 saturated heterocycles. The number of hydrogen-bond acceptors (Lipinski definition) is 3. The molecule has 0 aromatic heterocycles. The first-order chi connectivity index (χ1) is 10.2. The zero-order valence-corrected chi connectivity index (χ0v) is 14.6. The second kappa shape index (κ2) is 9.38. The number of halogens is 8. The minimum atomic E-state index is -4.48. The standard InChI is InChI=1S/C13H14F6N2S.2ClH/c14-12(15,16)11(21-7-5-20-6-8-21)9-1-3-10(4-2-9)22-13(17,18)19;;/h1-4,11,20H,5-8H2;2*1H/t11-;;/m0../s1. The zero-order chi connectivity index (χ0) is 16.4. The fourth-order valence-electron chi connectivity index (χ4n) is 2.40. The van der Waals surface area contributed by atoms with Gasteiger partial charge in [-0.1, -0.05) is 12.1 Å². The van der Waals surface area contributed by atoms with Crippen molar-refractivity contribution in [3.05, 3.63) is 29.8 Å². The Labute approximate surface area is 152 Å². The summed E-state index contributed by atoms with van der Waals surface area (Å²) >= 11 is -0.341. The highest BCUT2D eigenvalue weighted by Crippen LogP contribution is 2.40. The van der Waals surface area contributed by atoms with Gasteiger partial charge in [0.05, 0.1) is 0 Å². The molecule has 1 aliphatic heterocycles. The van der Waals surface area contributed by atoms with Crippen LogP contribution in [-0.2, 0) is 0 Å². The molecule has 0 amide bonds. The van der Waals surface area contributed by atoms with Crippen LogP contribution in [0.5, 0.6) is 0 Å². The molecule has 0 saturated carbocycles. The minimum absolute atomic E-state index is 0. The van der Waals surface area contributed by atoms with E-state index in [9.17, 15) is 26.3 Å². The van der Waals surface area contributed by atoms with Gasteiger partial charge in [0.1, 0.15) is 6.04 Å². The first kappa shape index (κ1) is 23.6. The van der Waals surface area contributed by atoms with Gasteiger partial charge in [0.25, 0.3) is 0 Å². The lowest BCUT2D eigenvalue weighted by atomic mass is 10.0. The quantitative estimate of drug-likeness (QED) is 0.570. The molecule has 1 aromatic rings. The van der Waals surface area contributed by atoms with Crippen molar-refractivity contribution in [2.24, 2.45) is 0 Å². The molecule has 140 valence electrons. The third kappa shape index (κ3) is 6.87. The number of piperazine rings is 1. The van der Waals surface area contributed by atoms with E-state index in [1.807, 2.05) is 0 Å². The number of thioether (sulfide) groups is 1. The Bertz CT molecular complexity index is 489. The Morgan fingerprint density at radius 2 is 1.42 bits per heavy atom. The van der Waals surface area contributed by atoms with Crippen LogP contribution < -0.4 is 5.32 Å². The highest BCUT2D eigenvalue weighted by atomic mass is 35.5. The van der Waals surface area contributed by atoms with Crippen molar-refractivity contribution in [3.63, 3.8) is 0 Å². The zero-order valence-electron chi connectivity index (χ0n) is 12.2. The van der Waals surface area contributed by atoms with Gasteiger partial charge in [0, 0.05) is 31.1 Å². The Kier molecular flexibility index (Phi) is 9.24. The molecule has 24 heavy (non-hydrogen) atoms. The van der Waals surface area contributed by atoms with Crippen LogP contribution in [0.15, 0.2) is 29.2 Å². The highest BCUT2D eigenvalue weighted by molar-refractivity contribution is 8.00. The molecule has 2 rings (SSSR count). The molecular weight excluding hydrogens is 401 g/mol. The van der Waals surface area contributed by atoms with E-state index in [2.05, 4.69) is 5.32 Å². The lowest BCUT2D eigenvalue weighted by Crippen LogP contribution is -2.49. The van der Waals surface area contributed by atoms with E-state index in [0.717, 1.165) is 24.3 Å². The third-order valence-electron chi connectivity index (χ3n) is 3.26. The Balaban J connectivity index is 0.00000264. The monoisotopic (exact) mass is 416 g/mol. The third-order valence-corrected chi connectivity index (χ3v) is 4.00. The summed E-state index contributed by atoms with van der Waals surface area (Å²) in [6.07, 6.45) is -4.48. The summed E-state index contributed by atoms with van der Waals surface area (Å²) in [6, 6.07) is 2.60. The van der Waals surface area contributed by atoms with Crippen molar-refractivity contribution >= 4 is 36.6 Å². The summed E-state index contributed by atoms with van der Waals surface area (Å²) < 4.78 is 76.7. The summed E-state index contributed by atoms with van der Waals surface area (Å²) in [7, 11) is 0. The smallest absolute Gasteiger partial charge is 0.314 e. The maximum atomic E-state index is 13.3. The summed E-state index contributed by atoms with van der Waals surface area (Å²) in [5, 5.41) is 2.97. The van der Waals surface area contributed by atoms with Crippen LogP contribution in [0.2, 0.25) is 0 Å². The first-order valence-electron chi connectivity index (χ1n) is 6.54. The van der Waals surface area contributed by atoms with Crippen LogP contribution in [0.4, 0.5) is 26.3 Å². The molecule has 11 heteroatoms. The molecule has 0 spiro atoms. The lowest BCUT2D eigenvalue weighted by Gasteiger charge is -2.36. The van der Waals surface area contributed by atoms with Gasteiger partial charge < -0.3 is 5.32 Å². The van der Waals surface area contributed by atoms with E-state index < -0.39 is 17.7 Å². The van der Waals surface area contributed by atoms with Crippen molar-refractivity contribution in [3.8, 4) is 0 Å². The fourth-order valence-corrected chi connectivity index (χ4v) is 2.94. The summed E-state index contributed by atoms with van der Waals surface area (Å²) in [5.74, 6) is 0. The largest absolute Gasteiger partial charge is 0.446 e. The molecule has 1 fully saturated rings. The predicted octanol–water partition coefficient (Wildman–Crippen LogP) is 4.65. The van der Waals surface area contributed by atoms with Crippen LogP contribution in [0, 0.1) is 0 Å². The van der Waals surface area contributed by atoms with Crippen molar-refractivity contribution in [1.29, 1.82) is 0 Å². The van der Waals surface area contributed by atoms with E-state index in [1.165, 1.54) is 4.90 Å². The number of nitrogens with one attached hydrogen (secondary N) is 1. The Morgan fingerprint density at radius 3 is 1.83 bits per heavy atom. The van der Waals surface area contributed by atoms with Gasteiger partial charge in [-0.05, 0) is 29.5 Å². The highest BCUT2D eigenvalue weighted by Gasteiger charge is 2.44. The molecule has 0 bridgehead atoms. The van der Waals surface area contributed by atoms with Crippen molar-refractivity contribution in [2.75, 3.05) is 26.2 Å². The number of benzene rings is 1. The van der Waals surface area contributed by atoms with E-state index in [0.29, 0.717) is 13.1 Å². The second-order valence-corrected chi connectivity index (χ2v) is 5.99. The van der Waals surface area contributed by atoms with Crippen LogP contribution in [0.3, 0.4) is 0 Å². The molecule has 1 heterocycles. The maximum Gasteiger partial charge on any atom is 0.446 e.